The fourth-order valence-electron chi connectivity index (χ4n) is 2.52. The Kier molecular flexibility index (Phi) is 5.23. The number of hydrogen-bond acceptors (Lipinski definition) is 2. The average molecular weight is 414 g/mol. The number of carbonyl (C=O) groups is 1. The van der Waals surface area contributed by atoms with Gasteiger partial charge in [-0.3, -0.25) is 0 Å². The van der Waals surface area contributed by atoms with E-state index in [4.69, 9.17) is 0 Å². The second-order valence-corrected chi connectivity index (χ2v) is 5.86. The molecule has 2 amide bonds. The van der Waals surface area contributed by atoms with E-state index in [-0.39, 0.29) is 11.8 Å². The fraction of sp³-hybridized carbons (Fsp3) is 0.111. The SMILES string of the molecule is O=C(Nc1cc(C(F)(F)F)cc(C(F)(F)F)c1)Nc1ccccc1-c1ncc[nH]1. The molecule has 0 saturated heterocycles. The van der Waals surface area contributed by atoms with Gasteiger partial charge in [-0.2, -0.15) is 26.3 Å². The molecule has 0 fully saturated rings. The molecule has 1 heterocycles. The third-order valence-corrected chi connectivity index (χ3v) is 3.77. The van der Waals surface area contributed by atoms with Crippen molar-refractivity contribution in [3.63, 3.8) is 0 Å². The third kappa shape index (κ3) is 4.86. The van der Waals surface area contributed by atoms with Gasteiger partial charge < -0.3 is 15.6 Å². The number of halogens is 6. The number of imidazole rings is 1. The van der Waals surface area contributed by atoms with E-state index in [1.807, 2.05) is 5.32 Å². The fourth-order valence-corrected chi connectivity index (χ4v) is 2.52. The summed E-state index contributed by atoms with van der Waals surface area (Å²) in [5.74, 6) is 0.416. The highest BCUT2D eigenvalue weighted by atomic mass is 19.4. The lowest BCUT2D eigenvalue weighted by molar-refractivity contribution is -0.143. The molecule has 2 aromatic carbocycles. The Hall–Kier alpha value is -3.50. The van der Waals surface area contributed by atoms with Crippen molar-refractivity contribution in [3.8, 4) is 11.4 Å². The van der Waals surface area contributed by atoms with Gasteiger partial charge >= 0.3 is 18.4 Å². The predicted octanol–water partition coefficient (Wildman–Crippen LogP) is 5.76. The van der Waals surface area contributed by atoms with Crippen molar-refractivity contribution < 1.29 is 31.1 Å². The highest BCUT2D eigenvalue weighted by Gasteiger charge is 2.37. The molecule has 0 aliphatic carbocycles. The lowest BCUT2D eigenvalue weighted by atomic mass is 10.1. The molecular weight excluding hydrogens is 402 g/mol. The Morgan fingerprint density at radius 2 is 1.52 bits per heavy atom. The van der Waals surface area contributed by atoms with E-state index in [0.717, 1.165) is 0 Å². The molecule has 0 aliphatic heterocycles. The van der Waals surface area contributed by atoms with Crippen LogP contribution in [-0.4, -0.2) is 16.0 Å². The van der Waals surface area contributed by atoms with Crippen molar-refractivity contribution >= 4 is 17.4 Å². The zero-order valence-corrected chi connectivity index (χ0v) is 14.3. The van der Waals surface area contributed by atoms with Crippen LogP contribution in [0.25, 0.3) is 11.4 Å². The summed E-state index contributed by atoms with van der Waals surface area (Å²) in [6.07, 6.45) is -7.00. The normalized spacial score (nSPS) is 11.9. The molecule has 3 N–H and O–H groups in total. The average Bonchev–Trinajstić information content (AvgIpc) is 3.15. The molecule has 0 unspecified atom stereocenters. The van der Waals surface area contributed by atoms with Gasteiger partial charge in [0.15, 0.2) is 0 Å². The Bertz CT molecular complexity index is 980. The van der Waals surface area contributed by atoms with E-state index < -0.39 is 35.2 Å². The Labute approximate surface area is 159 Å². The summed E-state index contributed by atoms with van der Waals surface area (Å²) in [5.41, 5.74) is -2.98. The van der Waals surface area contributed by atoms with E-state index >= 15 is 0 Å². The first-order chi connectivity index (χ1) is 13.5. The molecule has 0 spiro atoms. The van der Waals surface area contributed by atoms with E-state index in [9.17, 15) is 31.1 Å². The predicted molar refractivity (Wildman–Crippen MR) is 93.1 cm³/mol. The summed E-state index contributed by atoms with van der Waals surface area (Å²) in [5, 5.41) is 4.40. The first-order valence-electron chi connectivity index (χ1n) is 8.00. The first-order valence-corrected chi connectivity index (χ1v) is 8.00. The molecule has 0 radical (unpaired) electrons. The number of benzene rings is 2. The first kappa shape index (κ1) is 20.2. The quantitative estimate of drug-likeness (QED) is 0.477. The van der Waals surface area contributed by atoms with Crippen LogP contribution in [0.2, 0.25) is 0 Å². The maximum atomic E-state index is 12.9. The molecule has 0 saturated carbocycles. The molecule has 29 heavy (non-hydrogen) atoms. The van der Waals surface area contributed by atoms with Gasteiger partial charge in [-0.05, 0) is 30.3 Å². The lowest BCUT2D eigenvalue weighted by Crippen LogP contribution is -2.21. The maximum Gasteiger partial charge on any atom is 0.416 e. The summed E-state index contributed by atoms with van der Waals surface area (Å²) in [7, 11) is 0. The number of alkyl halides is 6. The number of nitrogens with zero attached hydrogens (tertiary/aromatic N) is 1. The number of amides is 2. The summed E-state index contributed by atoms with van der Waals surface area (Å²) in [6, 6.07) is 6.20. The van der Waals surface area contributed by atoms with Crippen LogP contribution < -0.4 is 10.6 Å². The van der Waals surface area contributed by atoms with Gasteiger partial charge in [0.1, 0.15) is 5.82 Å². The van der Waals surface area contributed by atoms with Crippen LogP contribution >= 0.6 is 0 Å². The second kappa shape index (κ2) is 7.49. The maximum absolute atomic E-state index is 12.9. The minimum absolute atomic E-state index is 0.0186. The van der Waals surface area contributed by atoms with Gasteiger partial charge in [0.05, 0.1) is 16.8 Å². The molecule has 11 heteroatoms. The number of aromatic amines is 1. The second-order valence-electron chi connectivity index (χ2n) is 5.86. The van der Waals surface area contributed by atoms with Crippen LogP contribution in [-0.2, 0) is 12.4 Å². The zero-order chi connectivity index (χ0) is 21.2. The number of hydrogen-bond donors (Lipinski definition) is 3. The number of carbonyl (C=O) groups excluding carboxylic acids is 1. The summed E-state index contributed by atoms with van der Waals surface area (Å²) >= 11 is 0. The minimum atomic E-state index is -5.01. The van der Waals surface area contributed by atoms with Crippen LogP contribution in [0, 0.1) is 0 Å². The van der Waals surface area contributed by atoms with Gasteiger partial charge in [-0.25, -0.2) is 9.78 Å². The molecule has 0 bridgehead atoms. The van der Waals surface area contributed by atoms with Gasteiger partial charge in [-0.15, -0.1) is 0 Å². The lowest BCUT2D eigenvalue weighted by Gasteiger charge is -2.15. The number of H-pyrrole nitrogens is 1. The van der Waals surface area contributed by atoms with Crippen LogP contribution in [0.4, 0.5) is 42.5 Å². The van der Waals surface area contributed by atoms with Gasteiger partial charge in [0, 0.05) is 23.6 Å². The van der Waals surface area contributed by atoms with Gasteiger partial charge in [0.2, 0.25) is 0 Å². The van der Waals surface area contributed by atoms with Crippen molar-refractivity contribution in [2.45, 2.75) is 12.4 Å². The van der Waals surface area contributed by atoms with Crippen molar-refractivity contribution in [2.75, 3.05) is 10.6 Å². The van der Waals surface area contributed by atoms with E-state index in [0.29, 0.717) is 23.5 Å². The summed E-state index contributed by atoms with van der Waals surface area (Å²) < 4.78 is 77.5. The Morgan fingerprint density at radius 3 is 2.07 bits per heavy atom. The van der Waals surface area contributed by atoms with Crippen molar-refractivity contribution in [2.24, 2.45) is 0 Å². The van der Waals surface area contributed by atoms with Crippen LogP contribution in [0.15, 0.2) is 54.9 Å². The smallest absolute Gasteiger partial charge is 0.345 e. The number of nitrogens with one attached hydrogen (secondary N) is 3. The van der Waals surface area contributed by atoms with Crippen LogP contribution in [0.1, 0.15) is 11.1 Å². The van der Waals surface area contributed by atoms with E-state index in [1.165, 1.54) is 12.3 Å². The summed E-state index contributed by atoms with van der Waals surface area (Å²) in [4.78, 5) is 19.1. The Morgan fingerprint density at radius 1 is 0.897 bits per heavy atom. The number of anilines is 2. The van der Waals surface area contributed by atoms with Gasteiger partial charge in [-0.1, -0.05) is 12.1 Å². The zero-order valence-electron chi connectivity index (χ0n) is 14.3. The molecule has 5 nitrogen and oxygen atoms in total. The molecule has 0 aliphatic rings. The van der Waals surface area contributed by atoms with E-state index in [2.05, 4.69) is 15.3 Å². The third-order valence-electron chi connectivity index (χ3n) is 3.77. The number of para-hydroxylation sites is 1. The minimum Gasteiger partial charge on any atom is -0.345 e. The molecule has 3 rings (SSSR count). The number of aromatic nitrogens is 2. The largest absolute Gasteiger partial charge is 0.416 e. The van der Waals surface area contributed by atoms with E-state index in [1.54, 1.807) is 24.4 Å². The highest BCUT2D eigenvalue weighted by Crippen LogP contribution is 2.37. The highest BCUT2D eigenvalue weighted by molar-refractivity contribution is 6.02. The van der Waals surface area contributed by atoms with Crippen LogP contribution in [0.5, 0.6) is 0 Å². The monoisotopic (exact) mass is 414 g/mol. The molecule has 0 atom stereocenters. The molecule has 1 aromatic heterocycles. The molecular formula is C18H12F6N4O. The van der Waals surface area contributed by atoms with Crippen molar-refractivity contribution in [1.29, 1.82) is 0 Å². The van der Waals surface area contributed by atoms with Crippen LogP contribution in [0.3, 0.4) is 0 Å². The topological polar surface area (TPSA) is 69.8 Å². The standard InChI is InChI=1S/C18H12F6N4O/c19-17(20,21)10-7-11(18(22,23)24)9-12(8-10)27-16(29)28-14-4-2-1-3-13(14)15-25-5-6-26-15/h1-9H,(H,25,26)(H2,27,28,29). The number of rotatable bonds is 3. The number of urea groups is 1. The Balaban J connectivity index is 1.87. The van der Waals surface area contributed by atoms with Crippen molar-refractivity contribution in [3.05, 3.63) is 66.0 Å². The van der Waals surface area contributed by atoms with Gasteiger partial charge in [0.25, 0.3) is 0 Å². The molecule has 3 aromatic rings. The van der Waals surface area contributed by atoms with Crippen molar-refractivity contribution in [1.82, 2.24) is 9.97 Å². The summed E-state index contributed by atoms with van der Waals surface area (Å²) in [6.45, 7) is 0. The molecule has 152 valence electrons.